The summed E-state index contributed by atoms with van der Waals surface area (Å²) in [5, 5.41) is 0.702. The van der Waals surface area contributed by atoms with Gasteiger partial charge in [0, 0.05) is 59.0 Å². The summed E-state index contributed by atoms with van der Waals surface area (Å²) in [5.74, 6) is -0.125. The molecule has 0 aliphatic rings. The molecule has 5 aromatic rings. The van der Waals surface area contributed by atoms with Crippen LogP contribution in [0.15, 0.2) is 78.1 Å². The van der Waals surface area contributed by atoms with Gasteiger partial charge in [0.2, 0.25) is 0 Å². The number of hydrogen-bond donors (Lipinski definition) is 0. The van der Waals surface area contributed by atoms with Crippen LogP contribution in [-0.4, -0.2) is 34.5 Å². The van der Waals surface area contributed by atoms with E-state index >= 15 is 0 Å². The maximum atomic E-state index is 14.6. The Morgan fingerprint density at radius 2 is 1.67 bits per heavy atom. The van der Waals surface area contributed by atoms with Crippen LogP contribution in [0.3, 0.4) is 0 Å². The van der Waals surface area contributed by atoms with Gasteiger partial charge in [0.1, 0.15) is 23.1 Å². The van der Waals surface area contributed by atoms with Crippen molar-refractivity contribution in [1.82, 2.24) is 14.5 Å². The Bertz CT molecular complexity index is 1850. The summed E-state index contributed by atoms with van der Waals surface area (Å²) in [7, 11) is 3.09. The third-order valence-corrected chi connectivity index (χ3v) is 6.74. The lowest BCUT2D eigenvalue weighted by atomic mass is 10.0. The number of benzene rings is 2. The molecule has 0 saturated carbocycles. The molecule has 42 heavy (non-hydrogen) atoms. The Morgan fingerprint density at radius 1 is 0.905 bits per heavy atom. The number of rotatable bonds is 9. The van der Waals surface area contributed by atoms with Crippen LogP contribution >= 0.6 is 0 Å². The zero-order valence-corrected chi connectivity index (χ0v) is 23.4. The Hall–Kier alpha value is -5.12. The Labute approximate surface area is 240 Å². The minimum absolute atomic E-state index is 0.0254. The summed E-state index contributed by atoms with van der Waals surface area (Å²) in [6.07, 6.45) is 5.85. The molecule has 8 nitrogen and oxygen atoms in total. The number of Topliss-reactive ketones (excluding diaryl/α,β-unsaturated/α-hetero) is 1. The number of halogens is 2. The summed E-state index contributed by atoms with van der Waals surface area (Å²) < 4.78 is 46.5. The largest absolute Gasteiger partial charge is 0.493 e. The summed E-state index contributed by atoms with van der Waals surface area (Å²) in [6, 6.07) is 11.4. The van der Waals surface area contributed by atoms with Crippen LogP contribution < -0.4 is 19.6 Å². The smallest absolute Gasteiger partial charge is 0.200 e. The first kappa shape index (κ1) is 28.4. The average molecular weight is 572 g/mol. The van der Waals surface area contributed by atoms with Crippen LogP contribution in [0.1, 0.15) is 35.9 Å². The Balaban J connectivity index is 1.40. The van der Waals surface area contributed by atoms with E-state index in [0.29, 0.717) is 45.7 Å². The van der Waals surface area contributed by atoms with Crippen molar-refractivity contribution in [3.05, 3.63) is 106 Å². The molecule has 0 unspecified atom stereocenters. The highest BCUT2D eigenvalue weighted by molar-refractivity contribution is 5.98. The van der Waals surface area contributed by atoms with Crippen molar-refractivity contribution < 1.29 is 27.8 Å². The van der Waals surface area contributed by atoms with Crippen molar-refractivity contribution in [2.75, 3.05) is 14.2 Å². The molecule has 10 heteroatoms. The van der Waals surface area contributed by atoms with Crippen LogP contribution in [0, 0.1) is 11.6 Å². The SMILES string of the molecule is COc1cc2nccc(Oc3ccc(CC(=O)c4cn(C(C)C)cc(-c5ccc(F)cc5F)c4=O)nc3)c2cc1OC. The van der Waals surface area contributed by atoms with Gasteiger partial charge in [-0.15, -0.1) is 0 Å². The molecule has 0 radical (unpaired) electrons. The van der Waals surface area contributed by atoms with Crippen LogP contribution in [0.4, 0.5) is 8.78 Å². The molecule has 214 valence electrons. The normalized spacial score (nSPS) is 11.1. The highest BCUT2D eigenvalue weighted by atomic mass is 19.1. The van der Waals surface area contributed by atoms with E-state index in [1.165, 1.54) is 24.7 Å². The first-order valence-corrected chi connectivity index (χ1v) is 13.1. The highest BCUT2D eigenvalue weighted by Gasteiger charge is 2.20. The minimum Gasteiger partial charge on any atom is -0.493 e. The fraction of sp³-hybridized carbons (Fsp3) is 0.188. The number of pyridine rings is 3. The molecule has 2 aromatic carbocycles. The lowest BCUT2D eigenvalue weighted by Crippen LogP contribution is -2.22. The van der Waals surface area contributed by atoms with E-state index in [1.54, 1.807) is 55.3 Å². The molecule has 0 bridgehead atoms. The van der Waals surface area contributed by atoms with Gasteiger partial charge in [0.15, 0.2) is 22.7 Å². The van der Waals surface area contributed by atoms with Crippen molar-refractivity contribution in [3.8, 4) is 34.1 Å². The predicted molar refractivity (Wildman–Crippen MR) is 154 cm³/mol. The molecule has 3 heterocycles. The second kappa shape index (κ2) is 11.8. The van der Waals surface area contributed by atoms with Crippen molar-refractivity contribution in [2.45, 2.75) is 26.3 Å². The van der Waals surface area contributed by atoms with Gasteiger partial charge in [-0.2, -0.15) is 0 Å². The third-order valence-electron chi connectivity index (χ3n) is 6.74. The number of nitrogens with zero attached hydrogens (tertiary/aromatic N) is 3. The van der Waals surface area contributed by atoms with E-state index in [4.69, 9.17) is 14.2 Å². The molecular weight excluding hydrogens is 544 g/mol. The highest BCUT2D eigenvalue weighted by Crippen LogP contribution is 2.36. The molecule has 0 N–H and O–H groups in total. The maximum Gasteiger partial charge on any atom is 0.200 e. The number of aromatic nitrogens is 3. The fourth-order valence-corrected chi connectivity index (χ4v) is 4.49. The van der Waals surface area contributed by atoms with Crippen molar-refractivity contribution in [1.29, 1.82) is 0 Å². The average Bonchev–Trinajstić information content (AvgIpc) is 2.97. The van der Waals surface area contributed by atoms with Gasteiger partial charge >= 0.3 is 0 Å². The molecule has 3 aromatic heterocycles. The number of methoxy groups -OCH3 is 2. The van der Waals surface area contributed by atoms with Crippen LogP contribution in [0.2, 0.25) is 0 Å². The van der Waals surface area contributed by atoms with Crippen molar-refractivity contribution >= 4 is 16.7 Å². The van der Waals surface area contributed by atoms with E-state index in [9.17, 15) is 18.4 Å². The maximum absolute atomic E-state index is 14.6. The molecule has 0 aliphatic heterocycles. The lowest BCUT2D eigenvalue weighted by molar-refractivity contribution is 0.0990. The monoisotopic (exact) mass is 571 g/mol. The third kappa shape index (κ3) is 5.69. The number of fused-ring (bicyclic) bond motifs is 1. The first-order chi connectivity index (χ1) is 20.2. The molecule has 0 saturated heterocycles. The van der Waals surface area contributed by atoms with Crippen LogP contribution in [0.5, 0.6) is 23.0 Å². The molecular formula is C32H27F2N3O5. The summed E-state index contributed by atoms with van der Waals surface area (Å²) in [4.78, 5) is 35.3. The Morgan fingerprint density at radius 3 is 2.33 bits per heavy atom. The molecule has 5 rings (SSSR count). The molecule has 0 atom stereocenters. The number of ketones is 1. The first-order valence-electron chi connectivity index (χ1n) is 13.1. The number of ether oxygens (including phenoxy) is 3. The van der Waals surface area contributed by atoms with Gasteiger partial charge in [-0.3, -0.25) is 19.6 Å². The van der Waals surface area contributed by atoms with E-state index in [0.717, 1.165) is 6.07 Å². The quantitative estimate of drug-likeness (QED) is 0.185. The van der Waals surface area contributed by atoms with Crippen LogP contribution in [-0.2, 0) is 6.42 Å². The van der Waals surface area contributed by atoms with Gasteiger partial charge < -0.3 is 18.8 Å². The number of hydrogen-bond acceptors (Lipinski definition) is 7. The van der Waals surface area contributed by atoms with Crippen molar-refractivity contribution in [2.24, 2.45) is 0 Å². The van der Waals surface area contributed by atoms with E-state index < -0.39 is 22.8 Å². The topological polar surface area (TPSA) is 92.5 Å². The Kier molecular flexibility index (Phi) is 7.97. The summed E-state index contributed by atoms with van der Waals surface area (Å²) in [6.45, 7) is 3.73. The van der Waals surface area contributed by atoms with E-state index in [-0.39, 0.29) is 29.2 Å². The van der Waals surface area contributed by atoms with Gasteiger partial charge in [-0.1, -0.05) is 0 Å². The van der Waals surface area contributed by atoms with Gasteiger partial charge in [0.05, 0.1) is 37.9 Å². The number of carbonyl (C=O) groups is 1. The molecule has 0 aliphatic carbocycles. The van der Waals surface area contributed by atoms with Gasteiger partial charge in [-0.05, 0) is 50.2 Å². The lowest BCUT2D eigenvalue weighted by Gasteiger charge is -2.15. The second-order valence-electron chi connectivity index (χ2n) is 9.80. The van der Waals surface area contributed by atoms with E-state index in [1.807, 2.05) is 13.8 Å². The van der Waals surface area contributed by atoms with Crippen molar-refractivity contribution in [3.63, 3.8) is 0 Å². The number of carbonyl (C=O) groups excluding carboxylic acids is 1. The predicted octanol–water partition coefficient (Wildman–Crippen LogP) is 6.55. The summed E-state index contributed by atoms with van der Waals surface area (Å²) >= 11 is 0. The van der Waals surface area contributed by atoms with Gasteiger partial charge in [-0.25, -0.2) is 8.78 Å². The fourth-order valence-electron chi connectivity index (χ4n) is 4.49. The zero-order valence-electron chi connectivity index (χ0n) is 23.4. The van der Waals surface area contributed by atoms with Gasteiger partial charge in [0.25, 0.3) is 0 Å². The molecule has 0 amide bonds. The second-order valence-corrected chi connectivity index (χ2v) is 9.80. The minimum atomic E-state index is -0.885. The molecule has 0 spiro atoms. The molecule has 0 fully saturated rings. The summed E-state index contributed by atoms with van der Waals surface area (Å²) in [5.41, 5.74) is 0.202. The van der Waals surface area contributed by atoms with Crippen LogP contribution in [0.25, 0.3) is 22.0 Å². The zero-order chi connectivity index (χ0) is 30.0. The standard InChI is InChI=1S/C32H27F2N3O5/c1-18(2)37-16-24(22-8-5-19(33)11-26(22)34)32(39)25(17-37)28(38)12-20-6-7-21(15-36-20)42-29-9-10-35-27-14-31(41-4)30(40-3)13-23(27)29/h5-11,13-18H,12H2,1-4H3. The van der Waals surface area contributed by atoms with E-state index in [2.05, 4.69) is 9.97 Å².